The maximum absolute atomic E-state index is 11.6. The summed E-state index contributed by atoms with van der Waals surface area (Å²) >= 11 is 0. The van der Waals surface area contributed by atoms with Crippen molar-refractivity contribution in [3.8, 4) is 0 Å². The van der Waals surface area contributed by atoms with Gasteiger partial charge in [-0.15, -0.1) is 0 Å². The smallest absolute Gasteiger partial charge is 0.337 e. The molecular weight excluding hydrogens is 226 g/mol. The average Bonchev–Trinajstić information content (AvgIpc) is 2.66. The van der Waals surface area contributed by atoms with Crippen molar-refractivity contribution >= 4 is 12.0 Å². The van der Waals surface area contributed by atoms with E-state index in [9.17, 15) is 4.79 Å². The summed E-state index contributed by atoms with van der Waals surface area (Å²) in [7, 11) is 0. The summed E-state index contributed by atoms with van der Waals surface area (Å²) in [6.45, 7) is 0. The lowest BCUT2D eigenvalue weighted by Crippen LogP contribution is -2.11. The Morgan fingerprint density at radius 2 is 1.94 bits per heavy atom. The Labute approximate surface area is 106 Å². The molecule has 0 unspecified atom stereocenters. The molecule has 0 spiro atoms. The summed E-state index contributed by atoms with van der Waals surface area (Å²) in [6.07, 6.45) is 11.9. The van der Waals surface area contributed by atoms with Crippen molar-refractivity contribution in [1.82, 2.24) is 5.32 Å². The van der Waals surface area contributed by atoms with E-state index in [0.29, 0.717) is 5.88 Å². The highest BCUT2D eigenvalue weighted by molar-refractivity contribution is 5.87. The van der Waals surface area contributed by atoms with E-state index in [0.717, 1.165) is 5.56 Å². The van der Waals surface area contributed by atoms with E-state index in [4.69, 9.17) is 4.74 Å². The number of esters is 1. The van der Waals surface area contributed by atoms with Gasteiger partial charge in [0.2, 0.25) is 5.88 Å². The molecule has 0 aliphatic carbocycles. The SMILES string of the molecule is O=C(/C=C/c1ccccc1)OC1=CC=CC=CN1. The molecule has 1 aliphatic heterocycles. The fraction of sp³-hybridized carbons (Fsp3) is 0. The zero-order chi connectivity index (χ0) is 12.6. The summed E-state index contributed by atoms with van der Waals surface area (Å²) in [6, 6.07) is 9.58. The first-order valence-corrected chi connectivity index (χ1v) is 5.59. The molecule has 1 N–H and O–H groups in total. The number of nitrogens with one attached hydrogen (secondary N) is 1. The molecule has 2 rings (SSSR count). The van der Waals surface area contributed by atoms with Crippen LogP contribution >= 0.6 is 0 Å². The zero-order valence-corrected chi connectivity index (χ0v) is 9.74. The number of ether oxygens (including phenoxy) is 1. The molecule has 3 heteroatoms. The first-order chi connectivity index (χ1) is 8.84. The van der Waals surface area contributed by atoms with E-state index in [1.165, 1.54) is 6.08 Å². The molecule has 1 aromatic rings. The van der Waals surface area contributed by atoms with E-state index in [1.54, 1.807) is 24.4 Å². The maximum Gasteiger partial charge on any atom is 0.337 e. The Hall–Kier alpha value is -2.55. The minimum absolute atomic E-state index is 0.405. The van der Waals surface area contributed by atoms with Gasteiger partial charge in [0.05, 0.1) is 0 Å². The van der Waals surface area contributed by atoms with Crippen LogP contribution in [0.25, 0.3) is 6.08 Å². The molecule has 90 valence electrons. The van der Waals surface area contributed by atoms with Gasteiger partial charge in [0.1, 0.15) is 0 Å². The van der Waals surface area contributed by atoms with Gasteiger partial charge < -0.3 is 10.1 Å². The number of hydrogen-bond donors (Lipinski definition) is 1. The molecule has 0 fully saturated rings. The number of hydrogen-bond acceptors (Lipinski definition) is 3. The van der Waals surface area contributed by atoms with Gasteiger partial charge >= 0.3 is 5.97 Å². The lowest BCUT2D eigenvalue weighted by Gasteiger charge is -2.04. The molecular formula is C15H13NO2. The molecule has 18 heavy (non-hydrogen) atoms. The normalized spacial score (nSPS) is 13.9. The zero-order valence-electron chi connectivity index (χ0n) is 9.74. The van der Waals surface area contributed by atoms with E-state index in [-0.39, 0.29) is 0 Å². The third kappa shape index (κ3) is 3.79. The second-order valence-electron chi connectivity index (χ2n) is 3.58. The molecule has 1 aliphatic rings. The average molecular weight is 239 g/mol. The molecule has 0 aromatic heterocycles. The molecule has 1 aromatic carbocycles. The van der Waals surface area contributed by atoms with Crippen LogP contribution in [0, 0.1) is 0 Å². The van der Waals surface area contributed by atoms with Crippen LogP contribution in [0.5, 0.6) is 0 Å². The lowest BCUT2D eigenvalue weighted by atomic mass is 10.2. The van der Waals surface area contributed by atoms with Crippen LogP contribution in [0.4, 0.5) is 0 Å². The van der Waals surface area contributed by atoms with Gasteiger partial charge in [-0.05, 0) is 23.8 Å². The lowest BCUT2D eigenvalue weighted by molar-refractivity contribution is -0.134. The fourth-order valence-corrected chi connectivity index (χ4v) is 1.38. The quantitative estimate of drug-likeness (QED) is 0.651. The van der Waals surface area contributed by atoms with Crippen molar-refractivity contribution in [2.45, 2.75) is 0 Å². The summed E-state index contributed by atoms with van der Waals surface area (Å²) < 4.78 is 5.11. The van der Waals surface area contributed by atoms with Crippen LogP contribution < -0.4 is 5.32 Å². The van der Waals surface area contributed by atoms with Crippen molar-refractivity contribution in [3.05, 3.63) is 78.4 Å². The van der Waals surface area contributed by atoms with Crippen LogP contribution in [0.2, 0.25) is 0 Å². The van der Waals surface area contributed by atoms with Gasteiger partial charge in [-0.1, -0.05) is 42.5 Å². The fourth-order valence-electron chi connectivity index (χ4n) is 1.38. The van der Waals surface area contributed by atoms with Crippen LogP contribution in [-0.4, -0.2) is 5.97 Å². The highest BCUT2D eigenvalue weighted by Crippen LogP contribution is 2.03. The molecule has 0 saturated heterocycles. The summed E-state index contributed by atoms with van der Waals surface area (Å²) in [4.78, 5) is 11.6. The molecule has 0 radical (unpaired) electrons. The Balaban J connectivity index is 1.93. The number of allylic oxidation sites excluding steroid dienone is 4. The van der Waals surface area contributed by atoms with Crippen LogP contribution in [0.3, 0.4) is 0 Å². The standard InChI is InChI=1S/C15H13NO2/c17-15(11-10-13-7-3-1-4-8-13)18-14-9-5-2-6-12-16-14/h1-12,16H/b11-10+. The van der Waals surface area contributed by atoms with Crippen molar-refractivity contribution in [2.24, 2.45) is 0 Å². The van der Waals surface area contributed by atoms with E-state index < -0.39 is 5.97 Å². The van der Waals surface area contributed by atoms with Crippen LogP contribution in [-0.2, 0) is 9.53 Å². The predicted octanol–water partition coefficient (Wildman–Crippen LogP) is 2.76. The first-order valence-electron chi connectivity index (χ1n) is 5.59. The molecule has 0 saturated carbocycles. The van der Waals surface area contributed by atoms with Gasteiger partial charge in [-0.25, -0.2) is 4.79 Å². The number of carbonyl (C=O) groups excluding carboxylic acids is 1. The highest BCUT2D eigenvalue weighted by atomic mass is 16.5. The molecule has 0 amide bonds. The largest absolute Gasteiger partial charge is 0.406 e. The summed E-state index contributed by atoms with van der Waals surface area (Å²) in [5.41, 5.74) is 0.956. The van der Waals surface area contributed by atoms with Crippen molar-refractivity contribution in [2.75, 3.05) is 0 Å². The topological polar surface area (TPSA) is 38.3 Å². The maximum atomic E-state index is 11.6. The monoisotopic (exact) mass is 239 g/mol. The van der Waals surface area contributed by atoms with Gasteiger partial charge in [-0.3, -0.25) is 0 Å². The third-order valence-electron chi connectivity index (χ3n) is 2.21. The molecule has 3 nitrogen and oxygen atoms in total. The van der Waals surface area contributed by atoms with Gasteiger partial charge in [0.15, 0.2) is 0 Å². The van der Waals surface area contributed by atoms with Crippen LogP contribution in [0.1, 0.15) is 5.56 Å². The van der Waals surface area contributed by atoms with Crippen molar-refractivity contribution in [3.63, 3.8) is 0 Å². The van der Waals surface area contributed by atoms with Crippen molar-refractivity contribution < 1.29 is 9.53 Å². The van der Waals surface area contributed by atoms with E-state index in [1.807, 2.05) is 42.5 Å². The predicted molar refractivity (Wildman–Crippen MR) is 71.1 cm³/mol. The minimum atomic E-state index is -0.415. The van der Waals surface area contributed by atoms with E-state index in [2.05, 4.69) is 5.32 Å². The second-order valence-corrected chi connectivity index (χ2v) is 3.58. The number of carbonyl (C=O) groups is 1. The number of rotatable bonds is 3. The molecule has 1 heterocycles. The highest BCUT2D eigenvalue weighted by Gasteiger charge is 2.01. The van der Waals surface area contributed by atoms with Gasteiger partial charge in [-0.2, -0.15) is 0 Å². The third-order valence-corrected chi connectivity index (χ3v) is 2.21. The van der Waals surface area contributed by atoms with Crippen molar-refractivity contribution in [1.29, 1.82) is 0 Å². The van der Waals surface area contributed by atoms with Gasteiger partial charge in [0, 0.05) is 12.3 Å². The number of benzene rings is 1. The Bertz CT molecular complexity index is 525. The summed E-state index contributed by atoms with van der Waals surface area (Å²) in [5, 5.41) is 2.85. The summed E-state index contributed by atoms with van der Waals surface area (Å²) in [5.74, 6) is -0.0102. The molecule has 0 atom stereocenters. The Kier molecular flexibility index (Phi) is 4.14. The molecule has 0 bridgehead atoms. The first kappa shape index (κ1) is 11.9. The second kappa shape index (κ2) is 6.25. The Morgan fingerprint density at radius 1 is 1.11 bits per heavy atom. The minimum Gasteiger partial charge on any atom is -0.406 e. The van der Waals surface area contributed by atoms with Gasteiger partial charge in [0.25, 0.3) is 0 Å². The van der Waals surface area contributed by atoms with Crippen LogP contribution in [0.15, 0.2) is 72.8 Å². The van der Waals surface area contributed by atoms with E-state index >= 15 is 0 Å². The Morgan fingerprint density at radius 3 is 2.78 bits per heavy atom.